The number of hydrogen-bond acceptors (Lipinski definition) is 3. The summed E-state index contributed by atoms with van der Waals surface area (Å²) in [5, 5.41) is 3.03. The van der Waals surface area contributed by atoms with Gasteiger partial charge in [0.25, 0.3) is 5.91 Å². The van der Waals surface area contributed by atoms with Crippen LogP contribution in [-0.4, -0.2) is 17.4 Å². The number of nitrogens with one attached hydrogen (secondary N) is 1. The molecule has 0 atom stereocenters. The van der Waals surface area contributed by atoms with Crippen LogP contribution in [0, 0.1) is 0 Å². The van der Waals surface area contributed by atoms with Gasteiger partial charge < -0.3 is 10.2 Å². The van der Waals surface area contributed by atoms with Crippen molar-refractivity contribution in [2.45, 2.75) is 13.0 Å². The highest BCUT2D eigenvalue weighted by Gasteiger charge is 2.19. The summed E-state index contributed by atoms with van der Waals surface area (Å²) in [6, 6.07) is 18.2. The zero-order chi connectivity index (χ0) is 17.9. The highest BCUT2D eigenvalue weighted by Crippen LogP contribution is 2.30. The van der Waals surface area contributed by atoms with Crippen LogP contribution >= 0.6 is 15.9 Å². The fraction of sp³-hybridized carbons (Fsp3) is 0.143. The minimum absolute atomic E-state index is 0.159. The highest BCUT2D eigenvalue weighted by molar-refractivity contribution is 9.10. The number of rotatable bonds is 4. The van der Waals surface area contributed by atoms with E-state index in [1.54, 1.807) is 18.5 Å². The minimum Gasteiger partial charge on any atom is -0.367 e. The van der Waals surface area contributed by atoms with Crippen LogP contribution in [0.15, 0.2) is 71.5 Å². The summed E-state index contributed by atoms with van der Waals surface area (Å²) in [5.74, 6) is -0.159. The normalized spacial score (nSPS) is 12.7. The molecule has 4 rings (SSSR count). The molecule has 0 fully saturated rings. The third-order valence-electron chi connectivity index (χ3n) is 4.58. The van der Waals surface area contributed by atoms with Crippen molar-refractivity contribution in [3.8, 4) is 0 Å². The SMILES string of the molecule is O=C(Nc1ccccc1CN1CCc2ccccc21)c1cncc(Br)c1. The van der Waals surface area contributed by atoms with Crippen molar-refractivity contribution >= 4 is 33.2 Å². The van der Waals surface area contributed by atoms with E-state index in [1.807, 2.05) is 18.2 Å². The van der Waals surface area contributed by atoms with Crippen molar-refractivity contribution < 1.29 is 4.79 Å². The van der Waals surface area contributed by atoms with E-state index in [0.29, 0.717) is 5.56 Å². The number of fused-ring (bicyclic) bond motifs is 1. The number of carbonyl (C=O) groups excluding carboxylic acids is 1. The number of aromatic nitrogens is 1. The summed E-state index contributed by atoms with van der Waals surface area (Å²) in [7, 11) is 0. The second kappa shape index (κ2) is 7.30. The van der Waals surface area contributed by atoms with Gasteiger partial charge in [0, 0.05) is 41.3 Å². The molecule has 1 N–H and O–H groups in total. The Hall–Kier alpha value is -2.66. The Morgan fingerprint density at radius 2 is 1.92 bits per heavy atom. The van der Waals surface area contributed by atoms with Gasteiger partial charge in [0.15, 0.2) is 0 Å². The maximum Gasteiger partial charge on any atom is 0.257 e. The number of halogens is 1. The van der Waals surface area contributed by atoms with Crippen molar-refractivity contribution in [1.29, 1.82) is 0 Å². The van der Waals surface area contributed by atoms with E-state index in [0.717, 1.165) is 35.2 Å². The van der Waals surface area contributed by atoms with Crippen LogP contribution in [0.2, 0.25) is 0 Å². The lowest BCUT2D eigenvalue weighted by Crippen LogP contribution is -2.21. The van der Waals surface area contributed by atoms with Gasteiger partial charge in [-0.1, -0.05) is 36.4 Å². The van der Waals surface area contributed by atoms with Crippen LogP contribution in [0.5, 0.6) is 0 Å². The highest BCUT2D eigenvalue weighted by atomic mass is 79.9. The van der Waals surface area contributed by atoms with Crippen molar-refractivity contribution in [2.75, 3.05) is 16.8 Å². The molecule has 1 aliphatic rings. The predicted molar refractivity (Wildman–Crippen MR) is 108 cm³/mol. The molecule has 0 saturated heterocycles. The quantitative estimate of drug-likeness (QED) is 0.683. The van der Waals surface area contributed by atoms with Crippen molar-refractivity contribution in [1.82, 2.24) is 4.98 Å². The van der Waals surface area contributed by atoms with Crippen molar-refractivity contribution in [3.05, 3.63) is 88.2 Å². The van der Waals surface area contributed by atoms with Crippen molar-refractivity contribution in [3.63, 3.8) is 0 Å². The zero-order valence-electron chi connectivity index (χ0n) is 14.2. The maximum absolute atomic E-state index is 12.6. The molecular formula is C21H18BrN3O. The molecule has 1 aromatic heterocycles. The van der Waals surface area contributed by atoms with Gasteiger partial charge in [0.05, 0.1) is 5.56 Å². The first-order chi connectivity index (χ1) is 12.7. The first-order valence-corrected chi connectivity index (χ1v) is 9.33. The Labute approximate surface area is 161 Å². The summed E-state index contributed by atoms with van der Waals surface area (Å²) in [5.41, 5.74) is 5.13. The largest absolute Gasteiger partial charge is 0.367 e. The molecule has 2 aromatic carbocycles. The van der Waals surface area contributed by atoms with E-state index in [1.165, 1.54) is 11.3 Å². The monoisotopic (exact) mass is 407 g/mol. The molecule has 0 spiro atoms. The Bertz CT molecular complexity index is 957. The van der Waals surface area contributed by atoms with Crippen LogP contribution < -0.4 is 10.2 Å². The Balaban J connectivity index is 1.55. The standard InChI is InChI=1S/C21H18BrN3O/c22-18-11-17(12-23-13-18)21(26)24-19-7-3-1-6-16(19)14-25-10-9-15-5-2-4-8-20(15)25/h1-8,11-13H,9-10,14H2,(H,24,26). The topological polar surface area (TPSA) is 45.2 Å². The van der Waals surface area contributed by atoms with Crippen LogP contribution in [-0.2, 0) is 13.0 Å². The van der Waals surface area contributed by atoms with E-state index < -0.39 is 0 Å². The van der Waals surface area contributed by atoms with Crippen molar-refractivity contribution in [2.24, 2.45) is 0 Å². The fourth-order valence-corrected chi connectivity index (χ4v) is 3.65. The molecule has 3 aromatic rings. The summed E-state index contributed by atoms with van der Waals surface area (Å²) >= 11 is 3.35. The number of anilines is 2. The second-order valence-electron chi connectivity index (χ2n) is 6.30. The molecule has 130 valence electrons. The van der Waals surface area contributed by atoms with E-state index in [4.69, 9.17) is 0 Å². The van der Waals surface area contributed by atoms with Crippen LogP contribution in [0.3, 0.4) is 0 Å². The second-order valence-corrected chi connectivity index (χ2v) is 7.22. The zero-order valence-corrected chi connectivity index (χ0v) is 15.7. The number of benzene rings is 2. The van der Waals surface area contributed by atoms with Gasteiger partial charge in [0.2, 0.25) is 0 Å². The number of para-hydroxylation sites is 2. The number of pyridine rings is 1. The molecule has 0 aliphatic carbocycles. The molecule has 1 amide bonds. The minimum atomic E-state index is -0.159. The Morgan fingerprint density at radius 1 is 1.12 bits per heavy atom. The van der Waals surface area contributed by atoms with Gasteiger partial charge in [-0.05, 0) is 51.7 Å². The molecule has 2 heterocycles. The lowest BCUT2D eigenvalue weighted by atomic mass is 10.1. The lowest BCUT2D eigenvalue weighted by molar-refractivity contribution is 0.102. The first-order valence-electron chi connectivity index (χ1n) is 8.53. The summed E-state index contributed by atoms with van der Waals surface area (Å²) in [4.78, 5) is 19.0. The summed E-state index contributed by atoms with van der Waals surface area (Å²) < 4.78 is 0.784. The first kappa shape index (κ1) is 16.8. The Kier molecular flexibility index (Phi) is 4.71. The molecule has 1 aliphatic heterocycles. The van der Waals surface area contributed by atoms with E-state index in [2.05, 4.69) is 61.5 Å². The van der Waals surface area contributed by atoms with Gasteiger partial charge in [-0.3, -0.25) is 9.78 Å². The summed E-state index contributed by atoms with van der Waals surface area (Å²) in [6.07, 6.45) is 4.30. The lowest BCUT2D eigenvalue weighted by Gasteiger charge is -2.21. The molecule has 0 radical (unpaired) electrons. The third kappa shape index (κ3) is 3.48. The van der Waals surface area contributed by atoms with Gasteiger partial charge in [-0.25, -0.2) is 0 Å². The van der Waals surface area contributed by atoms with Gasteiger partial charge >= 0.3 is 0 Å². The molecule has 5 heteroatoms. The van der Waals surface area contributed by atoms with E-state index >= 15 is 0 Å². The number of amides is 1. The average molecular weight is 408 g/mol. The predicted octanol–water partition coefficient (Wildman–Crippen LogP) is 4.66. The van der Waals surface area contributed by atoms with E-state index in [9.17, 15) is 4.79 Å². The van der Waals surface area contributed by atoms with Crippen LogP contribution in [0.4, 0.5) is 11.4 Å². The number of carbonyl (C=O) groups is 1. The molecule has 4 nitrogen and oxygen atoms in total. The maximum atomic E-state index is 12.6. The molecule has 0 unspecified atom stereocenters. The number of nitrogens with zero attached hydrogens (tertiary/aromatic N) is 2. The van der Waals surface area contributed by atoms with Gasteiger partial charge in [-0.2, -0.15) is 0 Å². The third-order valence-corrected chi connectivity index (χ3v) is 5.01. The fourth-order valence-electron chi connectivity index (χ4n) is 3.29. The smallest absolute Gasteiger partial charge is 0.257 e. The summed E-state index contributed by atoms with van der Waals surface area (Å²) in [6.45, 7) is 1.77. The molecule has 0 saturated carbocycles. The van der Waals surface area contributed by atoms with Gasteiger partial charge in [0.1, 0.15) is 0 Å². The molecular weight excluding hydrogens is 390 g/mol. The Morgan fingerprint density at radius 3 is 2.81 bits per heavy atom. The van der Waals surface area contributed by atoms with Crippen LogP contribution in [0.1, 0.15) is 21.5 Å². The van der Waals surface area contributed by atoms with E-state index in [-0.39, 0.29) is 5.91 Å². The average Bonchev–Trinajstić information content (AvgIpc) is 3.06. The van der Waals surface area contributed by atoms with Gasteiger partial charge in [-0.15, -0.1) is 0 Å². The molecule has 0 bridgehead atoms. The van der Waals surface area contributed by atoms with Crippen LogP contribution in [0.25, 0.3) is 0 Å². The number of hydrogen-bond donors (Lipinski definition) is 1. The molecule has 26 heavy (non-hydrogen) atoms.